The van der Waals surface area contributed by atoms with Gasteiger partial charge in [-0.2, -0.15) is 0 Å². The van der Waals surface area contributed by atoms with Crippen molar-refractivity contribution in [2.45, 2.75) is 85.9 Å². The molecule has 0 saturated carbocycles. The number of amides is 1. The van der Waals surface area contributed by atoms with Crippen LogP contribution < -0.4 is 5.32 Å². The lowest BCUT2D eigenvalue weighted by Gasteiger charge is -2.32. The maximum absolute atomic E-state index is 12.1. The summed E-state index contributed by atoms with van der Waals surface area (Å²) in [5, 5.41) is 2.92. The number of rotatable bonds is 10. The highest BCUT2D eigenvalue weighted by Crippen LogP contribution is 2.40. The number of carbonyl (C=O) groups excluding carboxylic acids is 1. The van der Waals surface area contributed by atoms with Crippen LogP contribution in [0.25, 0.3) is 0 Å². The number of carbonyl (C=O) groups is 1. The first-order valence-electron chi connectivity index (χ1n) is 12.2. The van der Waals surface area contributed by atoms with E-state index in [1.807, 2.05) is 19.1 Å². The molecule has 1 fully saturated rings. The molecule has 0 aromatic heterocycles. The van der Waals surface area contributed by atoms with Crippen LogP contribution >= 0.6 is 0 Å². The lowest BCUT2D eigenvalue weighted by molar-refractivity contribution is -0.162. The van der Waals surface area contributed by atoms with Crippen molar-refractivity contribution in [3.8, 4) is 0 Å². The Kier molecular flexibility index (Phi) is 11.2. The quantitative estimate of drug-likeness (QED) is 0.237. The topological polar surface area (TPSA) is 47.6 Å². The molecule has 4 heteroatoms. The lowest BCUT2D eigenvalue weighted by atomic mass is 9.72. The summed E-state index contributed by atoms with van der Waals surface area (Å²) < 4.78 is 11.2. The minimum Gasteiger partial charge on any atom is -0.353 e. The third kappa shape index (κ3) is 9.70. The van der Waals surface area contributed by atoms with E-state index in [1.54, 1.807) is 6.08 Å². The molecule has 1 N–H and O–H groups in total. The van der Waals surface area contributed by atoms with Crippen molar-refractivity contribution in [1.29, 1.82) is 0 Å². The molecule has 32 heavy (non-hydrogen) atoms. The Morgan fingerprint density at radius 3 is 2.72 bits per heavy atom. The molecule has 1 amide bonds. The third-order valence-electron chi connectivity index (χ3n) is 6.19. The molecule has 178 valence electrons. The van der Waals surface area contributed by atoms with Gasteiger partial charge in [-0.15, -0.1) is 0 Å². The second-order valence-electron chi connectivity index (χ2n) is 9.73. The molecule has 4 nitrogen and oxygen atoms in total. The van der Waals surface area contributed by atoms with Gasteiger partial charge in [0.1, 0.15) is 0 Å². The molecular weight excluding hydrogens is 398 g/mol. The van der Waals surface area contributed by atoms with Crippen LogP contribution in [-0.2, 0) is 14.3 Å². The van der Waals surface area contributed by atoms with E-state index >= 15 is 0 Å². The molecule has 1 saturated heterocycles. The summed E-state index contributed by atoms with van der Waals surface area (Å²) >= 11 is 0. The smallest absolute Gasteiger partial charge is 0.244 e. The molecular formula is C28H43NO3. The Bertz CT molecular complexity index is 762. The number of allylic oxidation sites excluding steroid dienone is 9. The Morgan fingerprint density at radius 1 is 1.19 bits per heavy atom. The van der Waals surface area contributed by atoms with Crippen molar-refractivity contribution in [3.05, 3.63) is 58.7 Å². The molecule has 0 aromatic carbocycles. The van der Waals surface area contributed by atoms with E-state index in [4.69, 9.17) is 9.47 Å². The van der Waals surface area contributed by atoms with Gasteiger partial charge in [-0.05, 0) is 82.3 Å². The Morgan fingerprint density at radius 2 is 2.00 bits per heavy atom. The first kappa shape index (κ1) is 26.3. The summed E-state index contributed by atoms with van der Waals surface area (Å²) in [4.78, 5) is 12.1. The second kappa shape index (κ2) is 13.6. The normalized spacial score (nSPS) is 22.7. The number of nitrogens with one attached hydrogen (secondary N) is 1. The van der Waals surface area contributed by atoms with Crippen LogP contribution in [0.4, 0.5) is 0 Å². The maximum Gasteiger partial charge on any atom is 0.244 e. The summed E-state index contributed by atoms with van der Waals surface area (Å²) in [5.74, 6) is -0.0661. The SMILES string of the molecule is CC1=C(/C=C/C(C)=C/C=C/C(C)=C/C(=O)NCCCOC2CCCCO2)C(C)(C)CCC1. The third-order valence-corrected chi connectivity index (χ3v) is 6.19. The first-order chi connectivity index (χ1) is 15.3. The van der Waals surface area contributed by atoms with E-state index in [2.05, 4.69) is 51.2 Å². The van der Waals surface area contributed by atoms with Crippen molar-refractivity contribution in [2.75, 3.05) is 19.8 Å². The predicted molar refractivity (Wildman–Crippen MR) is 133 cm³/mol. The predicted octanol–water partition coefficient (Wildman–Crippen LogP) is 6.57. The van der Waals surface area contributed by atoms with Gasteiger partial charge in [0.2, 0.25) is 5.91 Å². The maximum atomic E-state index is 12.1. The fourth-order valence-electron chi connectivity index (χ4n) is 4.28. The highest BCUT2D eigenvalue weighted by Gasteiger charge is 2.26. The Hall–Kier alpha value is -1.91. The van der Waals surface area contributed by atoms with Crippen LogP contribution in [-0.4, -0.2) is 32.0 Å². The standard InChI is InChI=1S/C28H43NO3/c1-22(15-16-25-24(3)13-9-17-28(25,4)5)11-8-12-23(2)21-26(30)29-18-10-20-32-27-14-6-7-19-31-27/h8,11-12,15-16,21,27H,6-7,9-10,13-14,17-20H2,1-5H3,(H,29,30)/b12-8+,16-15+,22-11+,23-21+. The van der Waals surface area contributed by atoms with E-state index < -0.39 is 0 Å². The van der Waals surface area contributed by atoms with Crippen molar-refractivity contribution in [1.82, 2.24) is 5.32 Å². The molecule has 2 aliphatic rings. The van der Waals surface area contributed by atoms with E-state index in [-0.39, 0.29) is 17.6 Å². The zero-order valence-electron chi connectivity index (χ0n) is 20.8. The minimum atomic E-state index is -0.0661. The number of ether oxygens (including phenoxy) is 2. The number of hydrogen-bond acceptors (Lipinski definition) is 3. The molecule has 1 aliphatic heterocycles. The van der Waals surface area contributed by atoms with Crippen LogP contribution in [0.15, 0.2) is 58.7 Å². The fourth-order valence-corrected chi connectivity index (χ4v) is 4.28. The summed E-state index contributed by atoms with van der Waals surface area (Å²) in [5.41, 5.74) is 5.37. The van der Waals surface area contributed by atoms with Crippen molar-refractivity contribution < 1.29 is 14.3 Å². The van der Waals surface area contributed by atoms with Crippen LogP contribution in [0.1, 0.15) is 79.6 Å². The monoisotopic (exact) mass is 441 g/mol. The van der Waals surface area contributed by atoms with Crippen molar-refractivity contribution >= 4 is 5.91 Å². The van der Waals surface area contributed by atoms with Gasteiger partial charge in [0.25, 0.3) is 0 Å². The van der Waals surface area contributed by atoms with Gasteiger partial charge in [-0.3, -0.25) is 4.79 Å². The van der Waals surface area contributed by atoms with Crippen LogP contribution in [0.5, 0.6) is 0 Å². The molecule has 0 aromatic rings. The van der Waals surface area contributed by atoms with Gasteiger partial charge >= 0.3 is 0 Å². The molecule has 1 heterocycles. The zero-order valence-corrected chi connectivity index (χ0v) is 20.8. The Balaban J connectivity index is 1.72. The Labute approximate surface area is 195 Å². The minimum absolute atomic E-state index is 0.0620. The summed E-state index contributed by atoms with van der Waals surface area (Å²) in [6, 6.07) is 0. The molecule has 0 bridgehead atoms. The molecule has 2 rings (SSSR count). The zero-order chi connectivity index (χ0) is 23.4. The summed E-state index contributed by atoms with van der Waals surface area (Å²) in [7, 11) is 0. The highest BCUT2D eigenvalue weighted by molar-refractivity contribution is 5.88. The van der Waals surface area contributed by atoms with Crippen molar-refractivity contribution in [2.24, 2.45) is 5.41 Å². The van der Waals surface area contributed by atoms with Gasteiger partial charge in [-0.25, -0.2) is 0 Å². The van der Waals surface area contributed by atoms with Crippen LogP contribution in [0.2, 0.25) is 0 Å². The van der Waals surface area contributed by atoms with Crippen molar-refractivity contribution in [3.63, 3.8) is 0 Å². The van der Waals surface area contributed by atoms with Crippen LogP contribution in [0, 0.1) is 5.41 Å². The molecule has 0 radical (unpaired) electrons. The highest BCUT2D eigenvalue weighted by atomic mass is 16.7. The molecule has 1 aliphatic carbocycles. The van der Waals surface area contributed by atoms with Gasteiger partial charge in [0.15, 0.2) is 6.29 Å². The van der Waals surface area contributed by atoms with E-state index in [0.29, 0.717) is 13.2 Å². The lowest BCUT2D eigenvalue weighted by Crippen LogP contribution is -2.26. The average Bonchev–Trinajstić information content (AvgIpc) is 2.73. The van der Waals surface area contributed by atoms with Gasteiger partial charge in [-0.1, -0.05) is 55.4 Å². The summed E-state index contributed by atoms with van der Waals surface area (Å²) in [6.45, 7) is 13.0. The number of hydrogen-bond donors (Lipinski definition) is 1. The molecule has 1 atom stereocenters. The van der Waals surface area contributed by atoms with E-state index in [9.17, 15) is 4.79 Å². The summed E-state index contributed by atoms with van der Waals surface area (Å²) in [6.07, 6.45) is 19.9. The van der Waals surface area contributed by atoms with E-state index in [0.717, 1.165) is 31.4 Å². The van der Waals surface area contributed by atoms with E-state index in [1.165, 1.54) is 42.4 Å². The van der Waals surface area contributed by atoms with Gasteiger partial charge < -0.3 is 14.8 Å². The fraction of sp³-hybridized carbons (Fsp3) is 0.607. The van der Waals surface area contributed by atoms with Crippen LogP contribution in [0.3, 0.4) is 0 Å². The largest absolute Gasteiger partial charge is 0.353 e. The van der Waals surface area contributed by atoms with Gasteiger partial charge in [0, 0.05) is 19.2 Å². The average molecular weight is 442 g/mol. The van der Waals surface area contributed by atoms with Gasteiger partial charge in [0.05, 0.1) is 6.61 Å². The second-order valence-corrected chi connectivity index (χ2v) is 9.73. The molecule has 1 unspecified atom stereocenters. The first-order valence-corrected chi connectivity index (χ1v) is 12.2. The molecule has 0 spiro atoms.